The van der Waals surface area contributed by atoms with Crippen molar-refractivity contribution >= 4 is 17.4 Å². The van der Waals surface area contributed by atoms with Crippen LogP contribution >= 0.6 is 11.8 Å². The summed E-state index contributed by atoms with van der Waals surface area (Å²) in [6.45, 7) is 0.680. The highest BCUT2D eigenvalue weighted by molar-refractivity contribution is 7.99. The summed E-state index contributed by atoms with van der Waals surface area (Å²) in [4.78, 5) is 0. The van der Waals surface area contributed by atoms with E-state index in [9.17, 15) is 4.39 Å². The molecule has 1 aromatic rings. The Morgan fingerprint density at radius 1 is 1.47 bits per heavy atom. The zero-order chi connectivity index (χ0) is 13.3. The number of thioether (sulfide) groups is 1. The molecule has 0 saturated carbocycles. The molecule has 2 heterocycles. The number of rotatable bonds is 2. The van der Waals surface area contributed by atoms with Crippen LogP contribution in [0.15, 0.2) is 18.2 Å². The van der Waals surface area contributed by atoms with Crippen LogP contribution in [0.3, 0.4) is 0 Å². The molecule has 0 amide bonds. The van der Waals surface area contributed by atoms with Gasteiger partial charge in [0.15, 0.2) is 11.6 Å². The molecular formula is C14H18FNO2S. The molecular weight excluding hydrogens is 265 g/mol. The summed E-state index contributed by atoms with van der Waals surface area (Å²) in [6, 6.07) is 4.64. The smallest absolute Gasteiger partial charge is 0.178 e. The van der Waals surface area contributed by atoms with Crippen LogP contribution in [-0.4, -0.2) is 29.8 Å². The Bertz CT molecular complexity index is 443. The highest BCUT2D eigenvalue weighted by atomic mass is 32.2. The normalized spacial score (nSPS) is 30.7. The fourth-order valence-electron chi connectivity index (χ4n) is 2.76. The predicted molar refractivity (Wildman–Crippen MR) is 75.1 cm³/mol. The lowest BCUT2D eigenvalue weighted by atomic mass is 9.91. The first-order valence-corrected chi connectivity index (χ1v) is 7.76. The number of hydrogen-bond donors (Lipinski definition) is 1. The fraction of sp³-hybridized carbons (Fsp3) is 0.571. The van der Waals surface area contributed by atoms with Crippen molar-refractivity contribution in [1.29, 1.82) is 0 Å². The zero-order valence-corrected chi connectivity index (χ0v) is 11.5. The van der Waals surface area contributed by atoms with Crippen LogP contribution in [0.25, 0.3) is 0 Å². The average Bonchev–Trinajstić information content (AvgIpc) is 2.82. The number of anilines is 1. The van der Waals surface area contributed by atoms with Crippen LogP contribution in [0.5, 0.6) is 5.75 Å². The molecule has 0 aromatic heterocycles. The number of nitrogens with two attached hydrogens (primary N) is 1. The van der Waals surface area contributed by atoms with Gasteiger partial charge in [-0.15, -0.1) is 0 Å². The Labute approximate surface area is 116 Å². The van der Waals surface area contributed by atoms with Gasteiger partial charge in [-0.05, 0) is 24.3 Å². The third kappa shape index (κ3) is 2.67. The maximum atomic E-state index is 13.7. The van der Waals surface area contributed by atoms with Gasteiger partial charge in [-0.2, -0.15) is 11.8 Å². The summed E-state index contributed by atoms with van der Waals surface area (Å²) in [6.07, 6.45) is 2.67. The molecule has 2 unspecified atom stereocenters. The zero-order valence-electron chi connectivity index (χ0n) is 10.7. The van der Waals surface area contributed by atoms with Gasteiger partial charge in [-0.25, -0.2) is 4.39 Å². The first kappa shape index (κ1) is 13.1. The summed E-state index contributed by atoms with van der Waals surface area (Å²) >= 11 is 1.91. The monoisotopic (exact) mass is 283 g/mol. The van der Waals surface area contributed by atoms with Gasteiger partial charge in [0, 0.05) is 18.6 Å². The van der Waals surface area contributed by atoms with Gasteiger partial charge in [0.25, 0.3) is 0 Å². The highest BCUT2D eigenvalue weighted by Gasteiger charge is 2.41. The van der Waals surface area contributed by atoms with E-state index in [0.29, 0.717) is 12.3 Å². The molecule has 2 fully saturated rings. The van der Waals surface area contributed by atoms with Gasteiger partial charge < -0.3 is 15.2 Å². The quantitative estimate of drug-likeness (QED) is 0.848. The maximum Gasteiger partial charge on any atom is 0.178 e. The summed E-state index contributed by atoms with van der Waals surface area (Å²) in [7, 11) is 0. The molecule has 104 valence electrons. The summed E-state index contributed by atoms with van der Waals surface area (Å²) in [5.41, 5.74) is 6.08. The van der Waals surface area contributed by atoms with Gasteiger partial charge in [-0.3, -0.25) is 0 Å². The lowest BCUT2D eigenvalue weighted by Gasteiger charge is -2.37. The van der Waals surface area contributed by atoms with Crippen molar-refractivity contribution in [2.45, 2.75) is 31.0 Å². The average molecular weight is 283 g/mol. The van der Waals surface area contributed by atoms with E-state index in [4.69, 9.17) is 15.2 Å². The topological polar surface area (TPSA) is 44.5 Å². The SMILES string of the molecule is Nc1cccc(F)c1OC1CCOC2(CCSC2)C1. The number of nitrogen functional groups attached to an aromatic ring is 1. The molecule has 0 radical (unpaired) electrons. The van der Waals surface area contributed by atoms with Crippen molar-refractivity contribution in [2.75, 3.05) is 23.8 Å². The molecule has 5 heteroatoms. The molecule has 3 nitrogen and oxygen atoms in total. The lowest BCUT2D eigenvalue weighted by Crippen LogP contribution is -2.44. The Hall–Kier alpha value is -0.940. The van der Waals surface area contributed by atoms with Crippen molar-refractivity contribution in [3.05, 3.63) is 24.0 Å². The Kier molecular flexibility index (Phi) is 3.58. The molecule has 1 aromatic carbocycles. The Balaban J connectivity index is 1.73. The molecule has 2 N–H and O–H groups in total. The summed E-state index contributed by atoms with van der Waals surface area (Å²) in [5, 5.41) is 0. The minimum atomic E-state index is -0.388. The number of ether oxygens (including phenoxy) is 2. The standard InChI is InChI=1S/C14H18FNO2S/c15-11-2-1-3-12(16)13(11)18-10-4-6-17-14(8-10)5-7-19-9-14/h1-3,10H,4-9,16H2. The molecule has 19 heavy (non-hydrogen) atoms. The summed E-state index contributed by atoms with van der Waals surface area (Å²) < 4.78 is 25.5. The van der Waals surface area contributed by atoms with Crippen LogP contribution in [0, 0.1) is 5.82 Å². The minimum Gasteiger partial charge on any atom is -0.485 e. The van der Waals surface area contributed by atoms with Crippen molar-refractivity contribution in [3.63, 3.8) is 0 Å². The third-order valence-corrected chi connectivity index (χ3v) is 5.02. The van der Waals surface area contributed by atoms with Gasteiger partial charge in [0.2, 0.25) is 0 Å². The second-order valence-electron chi connectivity index (χ2n) is 5.22. The van der Waals surface area contributed by atoms with E-state index in [0.717, 1.165) is 30.8 Å². The highest BCUT2D eigenvalue weighted by Crippen LogP contribution is 2.40. The van der Waals surface area contributed by atoms with Crippen LogP contribution in [0.2, 0.25) is 0 Å². The van der Waals surface area contributed by atoms with Crippen LogP contribution in [0.1, 0.15) is 19.3 Å². The van der Waals surface area contributed by atoms with Crippen LogP contribution in [0.4, 0.5) is 10.1 Å². The second-order valence-corrected chi connectivity index (χ2v) is 6.33. The number of halogens is 1. The predicted octanol–water partition coefficient (Wildman–Crippen LogP) is 2.84. The molecule has 2 atom stereocenters. The van der Waals surface area contributed by atoms with Gasteiger partial charge in [0.1, 0.15) is 6.10 Å². The fourth-order valence-corrected chi connectivity index (χ4v) is 4.14. The molecule has 0 aliphatic carbocycles. The largest absolute Gasteiger partial charge is 0.485 e. The van der Waals surface area contributed by atoms with Crippen molar-refractivity contribution in [3.8, 4) is 5.75 Å². The van der Waals surface area contributed by atoms with Crippen molar-refractivity contribution in [1.82, 2.24) is 0 Å². The van der Waals surface area contributed by atoms with E-state index >= 15 is 0 Å². The van der Waals surface area contributed by atoms with Crippen LogP contribution in [-0.2, 0) is 4.74 Å². The number of benzene rings is 1. The first-order valence-electron chi connectivity index (χ1n) is 6.61. The molecule has 3 rings (SSSR count). The van der Waals surface area contributed by atoms with Gasteiger partial charge >= 0.3 is 0 Å². The van der Waals surface area contributed by atoms with Crippen molar-refractivity contribution < 1.29 is 13.9 Å². The van der Waals surface area contributed by atoms with Crippen LogP contribution < -0.4 is 10.5 Å². The Morgan fingerprint density at radius 2 is 2.37 bits per heavy atom. The molecule has 2 aliphatic rings. The van der Waals surface area contributed by atoms with Gasteiger partial charge in [0.05, 0.1) is 17.9 Å². The van der Waals surface area contributed by atoms with E-state index in [1.54, 1.807) is 12.1 Å². The van der Waals surface area contributed by atoms with Gasteiger partial charge in [-0.1, -0.05) is 6.07 Å². The minimum absolute atomic E-state index is 0.00773. The number of hydrogen-bond acceptors (Lipinski definition) is 4. The summed E-state index contributed by atoms with van der Waals surface area (Å²) in [5.74, 6) is 1.95. The van der Waals surface area contributed by atoms with E-state index in [-0.39, 0.29) is 23.3 Å². The Morgan fingerprint density at radius 3 is 3.11 bits per heavy atom. The van der Waals surface area contributed by atoms with E-state index in [2.05, 4.69) is 0 Å². The lowest BCUT2D eigenvalue weighted by molar-refractivity contribution is -0.0962. The maximum absolute atomic E-state index is 13.7. The third-order valence-electron chi connectivity index (χ3n) is 3.80. The van der Waals surface area contributed by atoms with E-state index in [1.165, 1.54) is 6.07 Å². The van der Waals surface area contributed by atoms with E-state index in [1.807, 2.05) is 11.8 Å². The second kappa shape index (κ2) is 5.21. The molecule has 0 bridgehead atoms. The van der Waals surface area contributed by atoms with Crippen molar-refractivity contribution in [2.24, 2.45) is 0 Å². The first-order chi connectivity index (χ1) is 9.19. The molecule has 2 aliphatic heterocycles. The number of para-hydroxylation sites is 1. The molecule has 1 spiro atoms. The molecule has 2 saturated heterocycles. The van der Waals surface area contributed by atoms with E-state index < -0.39 is 0 Å².